The Kier molecular flexibility index (Phi) is 4.27. The van der Waals surface area contributed by atoms with Gasteiger partial charge in [-0.3, -0.25) is 9.59 Å². The van der Waals surface area contributed by atoms with Gasteiger partial charge in [0.05, 0.1) is 18.6 Å². The highest BCUT2D eigenvalue weighted by Gasteiger charge is 2.33. The van der Waals surface area contributed by atoms with Gasteiger partial charge in [0.2, 0.25) is 0 Å². The van der Waals surface area contributed by atoms with E-state index in [0.29, 0.717) is 30.8 Å². The molecule has 0 bridgehead atoms. The summed E-state index contributed by atoms with van der Waals surface area (Å²) in [6.45, 7) is 2.81. The number of carbonyl (C=O) groups excluding carboxylic acids is 1. The lowest BCUT2D eigenvalue weighted by atomic mass is 9.87. The zero-order chi connectivity index (χ0) is 14.7. The highest BCUT2D eigenvalue weighted by atomic mass is 16.5. The van der Waals surface area contributed by atoms with E-state index in [4.69, 9.17) is 9.84 Å². The molecule has 1 fully saturated rings. The van der Waals surface area contributed by atoms with Crippen molar-refractivity contribution in [1.29, 1.82) is 0 Å². The van der Waals surface area contributed by atoms with Crippen molar-refractivity contribution >= 4 is 11.9 Å². The quantitative estimate of drug-likeness (QED) is 0.916. The molecule has 1 N–H and O–H groups in total. The summed E-state index contributed by atoms with van der Waals surface area (Å²) in [6.07, 6.45) is 0.497. The van der Waals surface area contributed by atoms with E-state index in [1.807, 2.05) is 13.0 Å². The third kappa shape index (κ3) is 2.76. The molecule has 1 amide bonds. The number of carbonyl (C=O) groups is 2. The molecular weight excluding hydrogens is 258 g/mol. The van der Waals surface area contributed by atoms with Gasteiger partial charge in [-0.25, -0.2) is 0 Å². The highest BCUT2D eigenvalue weighted by Crippen LogP contribution is 2.26. The van der Waals surface area contributed by atoms with Crippen LogP contribution in [0.3, 0.4) is 0 Å². The molecule has 1 aromatic carbocycles. The fourth-order valence-corrected chi connectivity index (χ4v) is 2.69. The topological polar surface area (TPSA) is 66.8 Å². The lowest BCUT2D eigenvalue weighted by Gasteiger charge is -2.35. The molecule has 0 radical (unpaired) electrons. The van der Waals surface area contributed by atoms with Gasteiger partial charge in [-0.05, 0) is 24.5 Å². The Balaban J connectivity index is 2.13. The van der Waals surface area contributed by atoms with Crippen molar-refractivity contribution in [2.24, 2.45) is 11.8 Å². The second-order valence-corrected chi connectivity index (χ2v) is 5.16. The van der Waals surface area contributed by atoms with Crippen molar-refractivity contribution in [3.8, 4) is 5.75 Å². The summed E-state index contributed by atoms with van der Waals surface area (Å²) >= 11 is 0. The van der Waals surface area contributed by atoms with Gasteiger partial charge < -0.3 is 14.7 Å². The number of amides is 1. The molecular formula is C15H19NO4. The van der Waals surface area contributed by atoms with Crippen molar-refractivity contribution in [2.45, 2.75) is 13.3 Å². The van der Waals surface area contributed by atoms with Gasteiger partial charge in [-0.1, -0.05) is 19.1 Å². The monoisotopic (exact) mass is 277 g/mol. The van der Waals surface area contributed by atoms with Crippen molar-refractivity contribution < 1.29 is 19.4 Å². The number of ether oxygens (including phenoxy) is 1. The van der Waals surface area contributed by atoms with Gasteiger partial charge in [0.25, 0.3) is 5.91 Å². The number of nitrogens with zero attached hydrogens (tertiary/aromatic N) is 1. The molecule has 2 atom stereocenters. The molecule has 5 nitrogen and oxygen atoms in total. The number of carboxylic acid groups (broad SMARTS) is 1. The smallest absolute Gasteiger partial charge is 0.306 e. The average Bonchev–Trinajstić information content (AvgIpc) is 2.45. The van der Waals surface area contributed by atoms with Crippen molar-refractivity contribution in [2.75, 3.05) is 20.2 Å². The van der Waals surface area contributed by atoms with E-state index in [2.05, 4.69) is 0 Å². The van der Waals surface area contributed by atoms with Crippen LogP contribution in [-0.2, 0) is 4.79 Å². The molecule has 2 rings (SSSR count). The first-order valence-electron chi connectivity index (χ1n) is 6.69. The van der Waals surface area contributed by atoms with Crippen LogP contribution in [0.25, 0.3) is 0 Å². The number of likely N-dealkylation sites (tertiary alicyclic amines) is 1. The van der Waals surface area contributed by atoms with Crippen LogP contribution in [0.5, 0.6) is 5.75 Å². The second-order valence-electron chi connectivity index (χ2n) is 5.16. The lowest BCUT2D eigenvalue weighted by molar-refractivity contribution is -0.145. The Hall–Kier alpha value is -2.04. The summed E-state index contributed by atoms with van der Waals surface area (Å²) < 4.78 is 5.20. The number of para-hydroxylation sites is 1. The summed E-state index contributed by atoms with van der Waals surface area (Å²) in [5.74, 6) is -0.734. The maximum atomic E-state index is 12.5. The van der Waals surface area contributed by atoms with Crippen LogP contribution < -0.4 is 4.74 Å². The summed E-state index contributed by atoms with van der Waals surface area (Å²) in [5, 5.41) is 9.11. The van der Waals surface area contributed by atoms with Crippen LogP contribution in [0.15, 0.2) is 24.3 Å². The minimum absolute atomic E-state index is 0.0418. The Morgan fingerprint density at radius 1 is 1.35 bits per heavy atom. The summed E-state index contributed by atoms with van der Waals surface area (Å²) in [5.41, 5.74) is 0.524. The van der Waals surface area contributed by atoms with E-state index in [1.165, 1.54) is 7.11 Å². The number of benzene rings is 1. The van der Waals surface area contributed by atoms with Crippen LogP contribution >= 0.6 is 0 Å². The van der Waals surface area contributed by atoms with Crippen LogP contribution in [-0.4, -0.2) is 42.1 Å². The third-order valence-electron chi connectivity index (χ3n) is 3.85. The van der Waals surface area contributed by atoms with Gasteiger partial charge in [-0.2, -0.15) is 0 Å². The first-order chi connectivity index (χ1) is 9.54. The summed E-state index contributed by atoms with van der Waals surface area (Å²) in [6, 6.07) is 7.09. The van der Waals surface area contributed by atoms with E-state index in [9.17, 15) is 9.59 Å². The van der Waals surface area contributed by atoms with Crippen LogP contribution in [0.2, 0.25) is 0 Å². The van der Waals surface area contributed by atoms with Crippen molar-refractivity contribution in [1.82, 2.24) is 4.90 Å². The van der Waals surface area contributed by atoms with E-state index in [-0.39, 0.29) is 17.7 Å². The predicted molar refractivity (Wildman–Crippen MR) is 73.8 cm³/mol. The Bertz CT molecular complexity index is 514. The molecule has 108 valence electrons. The van der Waals surface area contributed by atoms with Crippen LogP contribution in [0.4, 0.5) is 0 Å². The molecule has 0 spiro atoms. The predicted octanol–water partition coefficient (Wildman–Crippen LogP) is 1.88. The van der Waals surface area contributed by atoms with Gasteiger partial charge in [0.15, 0.2) is 0 Å². The third-order valence-corrected chi connectivity index (χ3v) is 3.85. The molecule has 1 aliphatic rings. The molecule has 0 saturated carbocycles. The molecule has 1 aliphatic heterocycles. The van der Waals surface area contributed by atoms with Crippen LogP contribution in [0, 0.1) is 11.8 Å². The molecule has 20 heavy (non-hydrogen) atoms. The van der Waals surface area contributed by atoms with E-state index < -0.39 is 5.97 Å². The maximum absolute atomic E-state index is 12.5. The molecule has 0 aromatic heterocycles. The Morgan fingerprint density at radius 2 is 2.05 bits per heavy atom. The first kappa shape index (κ1) is 14.4. The minimum atomic E-state index is -0.776. The van der Waals surface area contributed by atoms with E-state index in [0.717, 1.165) is 0 Å². The SMILES string of the molecule is COc1ccccc1C(=O)N1CCC(C(=O)O)C(C)C1. The van der Waals surface area contributed by atoms with Crippen molar-refractivity contribution in [3.63, 3.8) is 0 Å². The number of methoxy groups -OCH3 is 1. The number of hydrogen-bond acceptors (Lipinski definition) is 3. The molecule has 1 aromatic rings. The zero-order valence-electron chi connectivity index (χ0n) is 11.7. The first-order valence-corrected chi connectivity index (χ1v) is 6.69. The Morgan fingerprint density at radius 3 is 2.65 bits per heavy atom. The Labute approximate surface area is 118 Å². The molecule has 1 heterocycles. The highest BCUT2D eigenvalue weighted by molar-refractivity contribution is 5.97. The second kappa shape index (κ2) is 5.94. The number of carboxylic acids is 1. The largest absolute Gasteiger partial charge is 0.496 e. The van der Waals surface area contributed by atoms with Crippen LogP contribution in [0.1, 0.15) is 23.7 Å². The van der Waals surface area contributed by atoms with E-state index in [1.54, 1.807) is 23.1 Å². The molecule has 1 saturated heterocycles. The van der Waals surface area contributed by atoms with Gasteiger partial charge in [0.1, 0.15) is 5.75 Å². The number of rotatable bonds is 3. The molecule has 5 heteroatoms. The van der Waals surface area contributed by atoms with E-state index >= 15 is 0 Å². The maximum Gasteiger partial charge on any atom is 0.306 e. The van der Waals surface area contributed by atoms with Crippen molar-refractivity contribution in [3.05, 3.63) is 29.8 Å². The normalized spacial score (nSPS) is 22.4. The number of hydrogen-bond donors (Lipinski definition) is 1. The molecule has 2 unspecified atom stereocenters. The standard InChI is InChI=1S/C15H19NO4/c1-10-9-16(8-7-11(10)15(18)19)14(17)12-5-3-4-6-13(12)20-2/h3-6,10-11H,7-9H2,1-2H3,(H,18,19). The van der Waals surface area contributed by atoms with Gasteiger partial charge >= 0.3 is 5.97 Å². The van der Waals surface area contributed by atoms with Gasteiger partial charge in [-0.15, -0.1) is 0 Å². The summed E-state index contributed by atoms with van der Waals surface area (Å²) in [7, 11) is 1.53. The number of aliphatic carboxylic acids is 1. The van der Waals surface area contributed by atoms with Gasteiger partial charge in [0, 0.05) is 13.1 Å². The zero-order valence-corrected chi connectivity index (χ0v) is 11.7. The fraction of sp³-hybridized carbons (Fsp3) is 0.467. The number of piperidine rings is 1. The fourth-order valence-electron chi connectivity index (χ4n) is 2.69. The summed E-state index contributed by atoms with van der Waals surface area (Å²) in [4.78, 5) is 25.3. The minimum Gasteiger partial charge on any atom is -0.496 e. The molecule has 0 aliphatic carbocycles. The average molecular weight is 277 g/mol. The lowest BCUT2D eigenvalue weighted by Crippen LogP contribution is -2.45.